The first-order valence-electron chi connectivity index (χ1n) is 11.7. The lowest BCUT2D eigenvalue weighted by atomic mass is 10.1. The van der Waals surface area contributed by atoms with Crippen molar-refractivity contribution in [3.8, 4) is 11.5 Å². The van der Waals surface area contributed by atoms with Gasteiger partial charge in [-0.3, -0.25) is 0 Å². The first-order valence-corrected chi connectivity index (χ1v) is 11.7. The molecular weight excluding hydrogens is 430 g/mol. The highest BCUT2D eigenvalue weighted by atomic mass is 16.8. The molecule has 0 spiro atoms. The normalized spacial score (nSPS) is 16.9. The van der Waals surface area contributed by atoms with Crippen LogP contribution in [0.5, 0.6) is 11.5 Å². The van der Waals surface area contributed by atoms with Gasteiger partial charge < -0.3 is 34.5 Å². The van der Waals surface area contributed by atoms with E-state index in [1.165, 1.54) is 25.7 Å². The van der Waals surface area contributed by atoms with Crippen molar-refractivity contribution in [1.82, 2.24) is 5.32 Å². The van der Waals surface area contributed by atoms with Crippen molar-refractivity contribution in [3.63, 3.8) is 0 Å². The second kappa shape index (κ2) is 13.1. The SMILES string of the molecule is CCCCCCCCOc1c(C)cc(CNC2CCC(OC(=O)O)(OC(=O)O)C2)cc1OC. The summed E-state index contributed by atoms with van der Waals surface area (Å²) in [5.74, 6) is -0.252. The summed E-state index contributed by atoms with van der Waals surface area (Å²) in [6, 6.07) is 3.79. The number of hydrogen-bond acceptors (Lipinski definition) is 7. The molecule has 3 N–H and O–H groups in total. The highest BCUT2D eigenvalue weighted by molar-refractivity contribution is 5.60. The lowest BCUT2D eigenvalue weighted by Gasteiger charge is -2.26. The molecule has 186 valence electrons. The zero-order valence-electron chi connectivity index (χ0n) is 19.9. The molecule has 0 saturated heterocycles. The first-order chi connectivity index (χ1) is 15.8. The Morgan fingerprint density at radius 3 is 2.39 bits per heavy atom. The molecule has 1 aliphatic rings. The van der Waals surface area contributed by atoms with Crippen LogP contribution in [0.2, 0.25) is 0 Å². The Hall–Kier alpha value is -2.68. The summed E-state index contributed by atoms with van der Waals surface area (Å²) in [4.78, 5) is 22.0. The fourth-order valence-corrected chi connectivity index (χ4v) is 4.24. The van der Waals surface area contributed by atoms with Gasteiger partial charge in [-0.2, -0.15) is 0 Å². The van der Waals surface area contributed by atoms with Gasteiger partial charge in [-0.1, -0.05) is 45.1 Å². The fraction of sp³-hybridized carbons (Fsp3) is 0.667. The zero-order chi connectivity index (χ0) is 24.3. The summed E-state index contributed by atoms with van der Waals surface area (Å²) < 4.78 is 21.1. The van der Waals surface area contributed by atoms with Crippen molar-refractivity contribution in [3.05, 3.63) is 23.3 Å². The Balaban J connectivity index is 1.90. The van der Waals surface area contributed by atoms with Crippen LogP contribution in [-0.2, 0) is 16.0 Å². The average molecular weight is 468 g/mol. The summed E-state index contributed by atoms with van der Waals surface area (Å²) in [5, 5.41) is 21.2. The summed E-state index contributed by atoms with van der Waals surface area (Å²) in [5.41, 5.74) is 1.95. The van der Waals surface area contributed by atoms with Gasteiger partial charge >= 0.3 is 12.3 Å². The van der Waals surface area contributed by atoms with Crippen LogP contribution in [0, 0.1) is 6.92 Å². The molecule has 1 atom stereocenters. The molecule has 33 heavy (non-hydrogen) atoms. The monoisotopic (exact) mass is 467 g/mol. The molecule has 9 nitrogen and oxygen atoms in total. The van der Waals surface area contributed by atoms with Gasteiger partial charge in [-0.15, -0.1) is 0 Å². The maximum Gasteiger partial charge on any atom is 0.509 e. The van der Waals surface area contributed by atoms with Crippen LogP contribution in [0.15, 0.2) is 12.1 Å². The van der Waals surface area contributed by atoms with E-state index < -0.39 is 18.1 Å². The van der Waals surface area contributed by atoms with E-state index in [1.54, 1.807) is 7.11 Å². The minimum Gasteiger partial charge on any atom is -0.493 e. The molecule has 0 aliphatic heterocycles. The summed E-state index contributed by atoms with van der Waals surface area (Å²) in [6.07, 6.45) is 4.87. The van der Waals surface area contributed by atoms with E-state index in [9.17, 15) is 9.59 Å². The molecule has 1 fully saturated rings. The van der Waals surface area contributed by atoms with Crippen molar-refractivity contribution in [2.75, 3.05) is 13.7 Å². The van der Waals surface area contributed by atoms with Gasteiger partial charge in [0.05, 0.1) is 13.7 Å². The first kappa shape index (κ1) is 26.6. The van der Waals surface area contributed by atoms with E-state index in [4.69, 9.17) is 29.2 Å². The number of hydrogen-bond donors (Lipinski definition) is 3. The van der Waals surface area contributed by atoms with E-state index in [1.807, 2.05) is 19.1 Å². The molecule has 1 unspecified atom stereocenters. The van der Waals surface area contributed by atoms with E-state index in [2.05, 4.69) is 12.2 Å². The smallest absolute Gasteiger partial charge is 0.493 e. The predicted octanol–water partition coefficient (Wildman–Crippen LogP) is 5.47. The van der Waals surface area contributed by atoms with E-state index >= 15 is 0 Å². The van der Waals surface area contributed by atoms with Gasteiger partial charge in [0.15, 0.2) is 11.5 Å². The minimum absolute atomic E-state index is 0.112. The standard InChI is InChI=1S/C24H37NO8/c1-4-5-6-7-8-9-12-31-21-17(2)13-18(14-20(21)30-3)16-25-19-10-11-24(15-19,32-22(26)27)33-23(28)29/h13-14,19,25H,4-12,15-16H2,1-3H3,(H,26,27)(H,28,29). The third-order valence-electron chi connectivity index (χ3n) is 5.84. The topological polar surface area (TPSA) is 124 Å². The second-order valence-corrected chi connectivity index (χ2v) is 8.53. The molecule has 0 aromatic heterocycles. The van der Waals surface area contributed by atoms with E-state index in [-0.39, 0.29) is 18.9 Å². The maximum absolute atomic E-state index is 11.0. The third kappa shape index (κ3) is 8.64. The van der Waals surface area contributed by atoms with Gasteiger partial charge in [-0.05, 0) is 37.0 Å². The van der Waals surface area contributed by atoms with Crippen molar-refractivity contribution >= 4 is 12.3 Å². The molecule has 2 rings (SSSR count). The predicted molar refractivity (Wildman–Crippen MR) is 122 cm³/mol. The van der Waals surface area contributed by atoms with E-state index in [0.29, 0.717) is 25.3 Å². The van der Waals surface area contributed by atoms with Gasteiger partial charge in [0, 0.05) is 25.4 Å². The summed E-state index contributed by atoms with van der Waals surface area (Å²) >= 11 is 0. The Labute approximate surface area is 195 Å². The minimum atomic E-state index is -1.67. The van der Waals surface area contributed by atoms with Crippen LogP contribution in [0.3, 0.4) is 0 Å². The van der Waals surface area contributed by atoms with Crippen LogP contribution in [0.4, 0.5) is 9.59 Å². The van der Waals surface area contributed by atoms with Crippen molar-refractivity contribution in [2.24, 2.45) is 0 Å². The van der Waals surface area contributed by atoms with Crippen molar-refractivity contribution in [2.45, 2.75) is 90.0 Å². The Morgan fingerprint density at radius 1 is 1.09 bits per heavy atom. The Bertz CT molecular complexity index is 766. The van der Waals surface area contributed by atoms with Gasteiger partial charge in [0.25, 0.3) is 5.79 Å². The summed E-state index contributed by atoms with van der Waals surface area (Å²) in [7, 11) is 1.61. The number of nitrogens with one attached hydrogen (secondary N) is 1. The molecule has 1 aromatic rings. The number of unbranched alkanes of at least 4 members (excludes halogenated alkanes) is 5. The maximum atomic E-state index is 11.0. The number of aryl methyl sites for hydroxylation is 1. The number of ether oxygens (including phenoxy) is 4. The molecule has 1 saturated carbocycles. The van der Waals surface area contributed by atoms with Crippen LogP contribution in [0.25, 0.3) is 0 Å². The third-order valence-corrected chi connectivity index (χ3v) is 5.84. The average Bonchev–Trinajstić information content (AvgIpc) is 3.13. The van der Waals surface area contributed by atoms with Crippen LogP contribution >= 0.6 is 0 Å². The number of carbonyl (C=O) groups is 2. The highest BCUT2D eigenvalue weighted by Gasteiger charge is 2.46. The zero-order valence-corrected chi connectivity index (χ0v) is 19.9. The highest BCUT2D eigenvalue weighted by Crippen LogP contribution is 2.36. The Morgan fingerprint density at radius 2 is 1.76 bits per heavy atom. The molecule has 1 aromatic carbocycles. The quantitative estimate of drug-likeness (QED) is 0.186. The molecule has 0 amide bonds. The van der Waals surface area contributed by atoms with Gasteiger partial charge in [-0.25, -0.2) is 9.59 Å². The number of methoxy groups -OCH3 is 1. The molecule has 0 radical (unpaired) electrons. The molecule has 9 heteroatoms. The molecular formula is C24H37NO8. The lowest BCUT2D eigenvalue weighted by Crippen LogP contribution is -2.39. The number of benzene rings is 1. The van der Waals surface area contributed by atoms with Crippen molar-refractivity contribution in [1.29, 1.82) is 0 Å². The van der Waals surface area contributed by atoms with Gasteiger partial charge in [0.1, 0.15) is 0 Å². The lowest BCUT2D eigenvalue weighted by molar-refractivity contribution is -0.177. The number of carboxylic acid groups (broad SMARTS) is 2. The second-order valence-electron chi connectivity index (χ2n) is 8.53. The van der Waals surface area contributed by atoms with Gasteiger partial charge in [0.2, 0.25) is 0 Å². The molecule has 0 heterocycles. The molecule has 0 bridgehead atoms. The molecule has 1 aliphatic carbocycles. The van der Waals surface area contributed by atoms with Crippen LogP contribution < -0.4 is 14.8 Å². The largest absolute Gasteiger partial charge is 0.509 e. The van der Waals surface area contributed by atoms with Crippen LogP contribution in [-0.4, -0.2) is 48.1 Å². The summed E-state index contributed by atoms with van der Waals surface area (Å²) in [6.45, 7) is 5.33. The van der Waals surface area contributed by atoms with E-state index in [0.717, 1.165) is 29.7 Å². The van der Waals surface area contributed by atoms with Crippen molar-refractivity contribution < 1.29 is 38.7 Å². The number of rotatable bonds is 14. The fourth-order valence-electron chi connectivity index (χ4n) is 4.24. The van der Waals surface area contributed by atoms with Crippen LogP contribution in [0.1, 0.15) is 75.8 Å². The Kier molecular flexibility index (Phi) is 10.6.